The molecule has 1 N–H and O–H groups in total. The van der Waals surface area contributed by atoms with Crippen LogP contribution in [0.1, 0.15) is 11.3 Å². The van der Waals surface area contributed by atoms with E-state index in [2.05, 4.69) is 15.5 Å². The molecule has 0 aliphatic carbocycles. The fraction of sp³-hybridized carbons (Fsp3) is 0.400. The Morgan fingerprint density at radius 2 is 2.06 bits per heavy atom. The Labute approximate surface area is 105 Å². The van der Waals surface area contributed by atoms with Crippen LogP contribution in [0.2, 0.25) is 0 Å². The van der Waals surface area contributed by atoms with Crippen LogP contribution in [0.25, 0.3) is 0 Å². The van der Waals surface area contributed by atoms with Gasteiger partial charge in [0.25, 0.3) is 0 Å². The van der Waals surface area contributed by atoms with Gasteiger partial charge in [-0.25, -0.2) is 4.68 Å². The minimum Gasteiger partial charge on any atom is -0.364 e. The van der Waals surface area contributed by atoms with Crippen LogP contribution >= 0.6 is 12.4 Å². The molecule has 0 amide bonds. The van der Waals surface area contributed by atoms with Crippen molar-refractivity contribution < 1.29 is 4.39 Å². The van der Waals surface area contributed by atoms with Crippen molar-refractivity contribution in [3.8, 4) is 0 Å². The Hall–Kier alpha value is -1.56. The van der Waals surface area contributed by atoms with Crippen molar-refractivity contribution in [1.82, 2.24) is 19.6 Å². The molecule has 0 fully saturated rings. The lowest BCUT2D eigenvalue weighted by Gasteiger charge is -2.01. The van der Waals surface area contributed by atoms with Crippen molar-refractivity contribution in [1.29, 1.82) is 0 Å². The molecule has 2 rings (SSSR count). The zero-order valence-electron chi connectivity index (χ0n) is 9.94. The molecule has 5 nitrogen and oxygen atoms in total. The highest BCUT2D eigenvalue weighted by Gasteiger charge is 2.12. The molecule has 2 aromatic heterocycles. The normalized spacial score (nSPS) is 10.1. The summed E-state index contributed by atoms with van der Waals surface area (Å²) < 4.78 is 16.5. The number of halogens is 2. The number of rotatable bonds is 3. The Kier molecular flexibility index (Phi) is 4.11. The van der Waals surface area contributed by atoms with Crippen LogP contribution in [0.5, 0.6) is 0 Å². The third-order valence-corrected chi connectivity index (χ3v) is 2.43. The second-order valence-corrected chi connectivity index (χ2v) is 3.71. The maximum Gasteiger partial charge on any atom is 0.216 e. The van der Waals surface area contributed by atoms with Gasteiger partial charge in [-0.3, -0.25) is 4.68 Å². The van der Waals surface area contributed by atoms with E-state index in [9.17, 15) is 4.39 Å². The monoisotopic (exact) mass is 259 g/mol. The second-order valence-electron chi connectivity index (χ2n) is 3.71. The third kappa shape index (κ3) is 2.76. The Balaban J connectivity index is 0.00000144. The van der Waals surface area contributed by atoms with Crippen LogP contribution in [0.4, 0.5) is 10.2 Å². The van der Waals surface area contributed by atoms with Gasteiger partial charge in [-0.05, 0) is 6.92 Å². The molecule has 0 aliphatic heterocycles. The maximum absolute atomic E-state index is 13.6. The molecule has 7 heteroatoms. The molecule has 2 aromatic rings. The fourth-order valence-electron chi connectivity index (χ4n) is 1.56. The summed E-state index contributed by atoms with van der Waals surface area (Å²) >= 11 is 0. The first-order valence-electron chi connectivity index (χ1n) is 4.99. The van der Waals surface area contributed by atoms with Gasteiger partial charge in [-0.2, -0.15) is 14.6 Å². The lowest BCUT2D eigenvalue weighted by molar-refractivity contribution is 0.496. The van der Waals surface area contributed by atoms with Gasteiger partial charge in [0.05, 0.1) is 5.69 Å². The molecule has 94 valence electrons. The molecule has 2 heterocycles. The molecule has 0 aliphatic rings. The molecule has 0 bridgehead atoms. The highest BCUT2D eigenvalue weighted by Crippen LogP contribution is 2.13. The van der Waals surface area contributed by atoms with Crippen molar-refractivity contribution in [2.24, 2.45) is 14.1 Å². The minimum atomic E-state index is -0.305. The van der Waals surface area contributed by atoms with Gasteiger partial charge < -0.3 is 5.32 Å². The standard InChI is InChI=1S/C10H14FN5.ClH/c1-7-8(10(11)16(3)13-7)6-12-9-4-5-15(2)14-9;/h4-5H,6H2,1-3H3,(H,12,14);1H. The number of nitrogens with one attached hydrogen (secondary N) is 1. The summed E-state index contributed by atoms with van der Waals surface area (Å²) in [7, 11) is 3.42. The van der Waals surface area contributed by atoms with E-state index in [0.29, 0.717) is 17.8 Å². The summed E-state index contributed by atoms with van der Waals surface area (Å²) in [5.41, 5.74) is 1.27. The van der Waals surface area contributed by atoms with E-state index in [1.807, 2.05) is 19.3 Å². The summed E-state index contributed by atoms with van der Waals surface area (Å²) in [4.78, 5) is 0. The molecule has 0 saturated heterocycles. The molecule has 0 atom stereocenters. The number of aromatic nitrogens is 4. The zero-order valence-corrected chi connectivity index (χ0v) is 10.8. The smallest absolute Gasteiger partial charge is 0.216 e. The molecule has 0 aromatic carbocycles. The molecular weight excluding hydrogens is 245 g/mol. The van der Waals surface area contributed by atoms with E-state index in [4.69, 9.17) is 0 Å². The minimum absolute atomic E-state index is 0. The highest BCUT2D eigenvalue weighted by atomic mass is 35.5. The lowest BCUT2D eigenvalue weighted by atomic mass is 10.2. The predicted octanol–water partition coefficient (Wildman–Crippen LogP) is 1.64. The number of hydrogen-bond donors (Lipinski definition) is 1. The quantitative estimate of drug-likeness (QED) is 0.912. The van der Waals surface area contributed by atoms with Crippen LogP contribution in [0.3, 0.4) is 0 Å². The van der Waals surface area contributed by atoms with Crippen molar-refractivity contribution in [2.75, 3.05) is 5.32 Å². The Morgan fingerprint density at radius 3 is 2.53 bits per heavy atom. The average molecular weight is 260 g/mol. The van der Waals surface area contributed by atoms with Crippen LogP contribution < -0.4 is 5.32 Å². The summed E-state index contributed by atoms with van der Waals surface area (Å²) in [6, 6.07) is 1.84. The highest BCUT2D eigenvalue weighted by molar-refractivity contribution is 5.85. The summed E-state index contributed by atoms with van der Waals surface area (Å²) in [6.45, 7) is 2.18. The largest absolute Gasteiger partial charge is 0.364 e. The molecule has 0 radical (unpaired) electrons. The first-order valence-corrected chi connectivity index (χ1v) is 4.99. The molecule has 17 heavy (non-hydrogen) atoms. The van der Waals surface area contributed by atoms with Gasteiger partial charge >= 0.3 is 0 Å². The van der Waals surface area contributed by atoms with E-state index in [1.165, 1.54) is 4.68 Å². The van der Waals surface area contributed by atoms with Crippen molar-refractivity contribution >= 4 is 18.2 Å². The van der Waals surface area contributed by atoms with Crippen LogP contribution in [-0.4, -0.2) is 19.6 Å². The van der Waals surface area contributed by atoms with Crippen molar-refractivity contribution in [3.05, 3.63) is 29.5 Å². The Morgan fingerprint density at radius 1 is 1.35 bits per heavy atom. The topological polar surface area (TPSA) is 47.7 Å². The lowest BCUT2D eigenvalue weighted by Crippen LogP contribution is -2.04. The first-order chi connectivity index (χ1) is 7.58. The Bertz CT molecular complexity index is 505. The van der Waals surface area contributed by atoms with E-state index >= 15 is 0 Å². The molecule has 0 spiro atoms. The van der Waals surface area contributed by atoms with Crippen LogP contribution in [-0.2, 0) is 20.6 Å². The summed E-state index contributed by atoms with van der Waals surface area (Å²) in [5.74, 6) is 0.422. The van der Waals surface area contributed by atoms with E-state index < -0.39 is 0 Å². The van der Waals surface area contributed by atoms with Gasteiger partial charge in [0.2, 0.25) is 5.95 Å². The van der Waals surface area contributed by atoms with E-state index in [0.717, 1.165) is 5.82 Å². The zero-order chi connectivity index (χ0) is 11.7. The van der Waals surface area contributed by atoms with Crippen LogP contribution in [0.15, 0.2) is 12.3 Å². The molecular formula is C10H15ClFN5. The number of nitrogens with zero attached hydrogens (tertiary/aromatic N) is 4. The summed E-state index contributed by atoms with van der Waals surface area (Å²) in [6.07, 6.45) is 1.83. The first kappa shape index (κ1) is 13.5. The SMILES string of the molecule is Cc1nn(C)c(F)c1CNc1ccn(C)n1.Cl. The van der Waals surface area contributed by atoms with Crippen LogP contribution in [0, 0.1) is 12.9 Å². The maximum atomic E-state index is 13.6. The van der Waals surface area contributed by atoms with Gasteiger partial charge in [-0.15, -0.1) is 12.4 Å². The van der Waals surface area contributed by atoms with Crippen molar-refractivity contribution in [2.45, 2.75) is 13.5 Å². The molecule has 0 saturated carbocycles. The van der Waals surface area contributed by atoms with Gasteiger partial charge in [0.1, 0.15) is 5.82 Å². The number of aryl methyl sites for hydroxylation is 3. The number of hydrogen-bond acceptors (Lipinski definition) is 3. The van der Waals surface area contributed by atoms with Gasteiger partial charge in [-0.1, -0.05) is 0 Å². The third-order valence-electron chi connectivity index (χ3n) is 2.43. The second kappa shape index (κ2) is 5.18. The van der Waals surface area contributed by atoms with Crippen molar-refractivity contribution in [3.63, 3.8) is 0 Å². The average Bonchev–Trinajstić information content (AvgIpc) is 2.72. The fourth-order valence-corrected chi connectivity index (χ4v) is 1.56. The van der Waals surface area contributed by atoms with E-state index in [-0.39, 0.29) is 18.4 Å². The molecule has 0 unspecified atom stereocenters. The number of anilines is 1. The van der Waals surface area contributed by atoms with Gasteiger partial charge in [0, 0.05) is 38.5 Å². The van der Waals surface area contributed by atoms with Gasteiger partial charge in [0.15, 0.2) is 0 Å². The summed E-state index contributed by atoms with van der Waals surface area (Å²) in [5, 5.41) is 11.2. The van der Waals surface area contributed by atoms with E-state index in [1.54, 1.807) is 18.7 Å². The predicted molar refractivity (Wildman–Crippen MR) is 65.7 cm³/mol.